The molecule has 1 N–H and O–H groups in total. The molecular formula is C16H23NO2. The predicted molar refractivity (Wildman–Crippen MR) is 75.6 cm³/mol. The molecule has 1 aliphatic carbocycles. The summed E-state index contributed by atoms with van der Waals surface area (Å²) in [6.45, 7) is 3.66. The first kappa shape index (κ1) is 12.8. The molecule has 19 heavy (non-hydrogen) atoms. The summed E-state index contributed by atoms with van der Waals surface area (Å²) in [6.07, 6.45) is 7.61. The summed E-state index contributed by atoms with van der Waals surface area (Å²) in [6, 6.07) is 6.44. The largest absolute Gasteiger partial charge is 0.454 e. The Bertz CT molecular complexity index is 438. The first-order valence-corrected chi connectivity index (χ1v) is 7.49. The quantitative estimate of drug-likeness (QED) is 0.898. The second kappa shape index (κ2) is 5.41. The van der Waals surface area contributed by atoms with Crippen molar-refractivity contribution >= 4 is 0 Å². The third-order valence-electron chi connectivity index (χ3n) is 4.35. The number of hydrogen-bond acceptors (Lipinski definition) is 3. The second-order valence-electron chi connectivity index (χ2n) is 5.64. The average molecular weight is 261 g/mol. The molecule has 1 aliphatic heterocycles. The highest BCUT2D eigenvalue weighted by molar-refractivity contribution is 5.46. The van der Waals surface area contributed by atoms with Gasteiger partial charge in [-0.05, 0) is 43.5 Å². The number of rotatable bonds is 4. The predicted octanol–water partition coefficient (Wildman–Crippen LogP) is 3.57. The fourth-order valence-electron chi connectivity index (χ4n) is 3.28. The van der Waals surface area contributed by atoms with Gasteiger partial charge in [0.2, 0.25) is 6.79 Å². The van der Waals surface area contributed by atoms with E-state index in [9.17, 15) is 0 Å². The normalized spacial score (nSPS) is 20.5. The van der Waals surface area contributed by atoms with Gasteiger partial charge >= 0.3 is 0 Å². The minimum atomic E-state index is 0.148. The molecule has 3 nitrogen and oxygen atoms in total. The lowest BCUT2D eigenvalue weighted by Crippen LogP contribution is -2.44. The van der Waals surface area contributed by atoms with Crippen molar-refractivity contribution in [3.05, 3.63) is 23.8 Å². The van der Waals surface area contributed by atoms with Gasteiger partial charge in [0.25, 0.3) is 0 Å². The SMILES string of the molecule is CCCNC1(c2ccc3c(c2)OCO3)CCCCC1. The molecule has 0 amide bonds. The molecule has 1 fully saturated rings. The van der Waals surface area contributed by atoms with Crippen LogP contribution in [-0.4, -0.2) is 13.3 Å². The molecule has 0 spiro atoms. The van der Waals surface area contributed by atoms with Gasteiger partial charge in [0.15, 0.2) is 11.5 Å². The molecule has 3 heteroatoms. The summed E-state index contributed by atoms with van der Waals surface area (Å²) in [5, 5.41) is 3.80. The van der Waals surface area contributed by atoms with E-state index < -0.39 is 0 Å². The van der Waals surface area contributed by atoms with E-state index in [4.69, 9.17) is 9.47 Å². The summed E-state index contributed by atoms with van der Waals surface area (Å²) in [5.41, 5.74) is 1.51. The van der Waals surface area contributed by atoms with Gasteiger partial charge in [-0.3, -0.25) is 0 Å². The van der Waals surface area contributed by atoms with Crippen LogP contribution in [0.2, 0.25) is 0 Å². The van der Waals surface area contributed by atoms with Gasteiger partial charge in [0, 0.05) is 5.54 Å². The van der Waals surface area contributed by atoms with E-state index >= 15 is 0 Å². The van der Waals surface area contributed by atoms with E-state index in [0.717, 1.165) is 18.0 Å². The van der Waals surface area contributed by atoms with E-state index in [-0.39, 0.29) is 5.54 Å². The van der Waals surface area contributed by atoms with E-state index in [2.05, 4.69) is 30.4 Å². The maximum absolute atomic E-state index is 5.53. The average Bonchev–Trinajstić information content (AvgIpc) is 2.93. The maximum Gasteiger partial charge on any atom is 0.231 e. The van der Waals surface area contributed by atoms with Gasteiger partial charge < -0.3 is 14.8 Å². The Morgan fingerprint density at radius 3 is 2.68 bits per heavy atom. The molecule has 1 aromatic rings. The van der Waals surface area contributed by atoms with Crippen LogP contribution in [0.3, 0.4) is 0 Å². The molecule has 1 saturated carbocycles. The molecule has 0 saturated heterocycles. The van der Waals surface area contributed by atoms with Crippen LogP contribution in [0.4, 0.5) is 0 Å². The fourth-order valence-corrected chi connectivity index (χ4v) is 3.28. The molecule has 0 unspecified atom stereocenters. The van der Waals surface area contributed by atoms with Crippen molar-refractivity contribution in [3.63, 3.8) is 0 Å². The Hall–Kier alpha value is -1.22. The van der Waals surface area contributed by atoms with Crippen molar-refractivity contribution in [2.45, 2.75) is 51.0 Å². The molecule has 104 valence electrons. The Balaban J connectivity index is 1.90. The first-order valence-electron chi connectivity index (χ1n) is 7.49. The van der Waals surface area contributed by atoms with E-state index in [1.165, 1.54) is 44.1 Å². The molecular weight excluding hydrogens is 238 g/mol. The van der Waals surface area contributed by atoms with Crippen molar-refractivity contribution in [1.29, 1.82) is 0 Å². The number of ether oxygens (including phenoxy) is 2. The zero-order valence-electron chi connectivity index (χ0n) is 11.7. The zero-order chi connectivity index (χ0) is 13.1. The summed E-state index contributed by atoms with van der Waals surface area (Å²) in [4.78, 5) is 0. The lowest BCUT2D eigenvalue weighted by Gasteiger charge is -2.39. The van der Waals surface area contributed by atoms with Crippen LogP contribution in [0.5, 0.6) is 11.5 Å². The number of benzene rings is 1. The molecule has 0 radical (unpaired) electrons. The van der Waals surface area contributed by atoms with Crippen molar-refractivity contribution in [3.8, 4) is 11.5 Å². The Kier molecular flexibility index (Phi) is 3.65. The van der Waals surface area contributed by atoms with Gasteiger partial charge in [0.1, 0.15) is 0 Å². The highest BCUT2D eigenvalue weighted by Gasteiger charge is 2.34. The number of hydrogen-bond donors (Lipinski definition) is 1. The smallest absolute Gasteiger partial charge is 0.231 e. The minimum Gasteiger partial charge on any atom is -0.454 e. The van der Waals surface area contributed by atoms with Gasteiger partial charge in [0.05, 0.1) is 0 Å². The molecule has 1 aromatic carbocycles. The Labute approximate surface area is 115 Å². The zero-order valence-corrected chi connectivity index (χ0v) is 11.7. The minimum absolute atomic E-state index is 0.148. The van der Waals surface area contributed by atoms with Crippen molar-refractivity contribution in [2.24, 2.45) is 0 Å². The third kappa shape index (κ3) is 2.44. The summed E-state index contributed by atoms with van der Waals surface area (Å²) < 4.78 is 10.9. The van der Waals surface area contributed by atoms with Crippen molar-refractivity contribution < 1.29 is 9.47 Å². The van der Waals surface area contributed by atoms with E-state index in [0.29, 0.717) is 6.79 Å². The fraction of sp³-hybridized carbons (Fsp3) is 0.625. The van der Waals surface area contributed by atoms with Gasteiger partial charge in [-0.1, -0.05) is 32.3 Å². The van der Waals surface area contributed by atoms with E-state index in [1.54, 1.807) is 0 Å². The lowest BCUT2D eigenvalue weighted by molar-refractivity contribution is 0.173. The number of fused-ring (bicyclic) bond motifs is 1. The first-order chi connectivity index (χ1) is 9.34. The summed E-state index contributed by atoms with van der Waals surface area (Å²) in [7, 11) is 0. The summed E-state index contributed by atoms with van der Waals surface area (Å²) in [5.74, 6) is 1.78. The Morgan fingerprint density at radius 2 is 1.89 bits per heavy atom. The van der Waals surface area contributed by atoms with Gasteiger partial charge in [-0.15, -0.1) is 0 Å². The van der Waals surface area contributed by atoms with Crippen LogP contribution in [-0.2, 0) is 5.54 Å². The van der Waals surface area contributed by atoms with Crippen LogP contribution >= 0.6 is 0 Å². The number of nitrogens with one attached hydrogen (secondary N) is 1. The molecule has 0 bridgehead atoms. The van der Waals surface area contributed by atoms with Crippen molar-refractivity contribution in [1.82, 2.24) is 5.32 Å². The molecule has 1 heterocycles. The Morgan fingerprint density at radius 1 is 1.11 bits per heavy atom. The van der Waals surface area contributed by atoms with Crippen LogP contribution in [0.15, 0.2) is 18.2 Å². The highest BCUT2D eigenvalue weighted by atomic mass is 16.7. The molecule has 3 rings (SSSR count). The third-order valence-corrected chi connectivity index (χ3v) is 4.35. The lowest BCUT2D eigenvalue weighted by atomic mass is 9.76. The second-order valence-corrected chi connectivity index (χ2v) is 5.64. The standard InChI is InChI=1S/C16H23NO2/c1-2-10-17-16(8-4-3-5-9-16)13-6-7-14-15(11-13)19-12-18-14/h6-7,11,17H,2-5,8-10,12H2,1H3. The highest BCUT2D eigenvalue weighted by Crippen LogP contribution is 2.41. The monoisotopic (exact) mass is 261 g/mol. The summed E-state index contributed by atoms with van der Waals surface area (Å²) >= 11 is 0. The molecule has 0 aromatic heterocycles. The topological polar surface area (TPSA) is 30.5 Å². The van der Waals surface area contributed by atoms with Crippen molar-refractivity contribution in [2.75, 3.05) is 13.3 Å². The van der Waals surface area contributed by atoms with Crippen LogP contribution in [0.1, 0.15) is 51.0 Å². The van der Waals surface area contributed by atoms with Gasteiger partial charge in [-0.2, -0.15) is 0 Å². The van der Waals surface area contributed by atoms with Crippen LogP contribution in [0, 0.1) is 0 Å². The van der Waals surface area contributed by atoms with Crippen LogP contribution in [0.25, 0.3) is 0 Å². The van der Waals surface area contributed by atoms with E-state index in [1.807, 2.05) is 0 Å². The van der Waals surface area contributed by atoms with Crippen LogP contribution < -0.4 is 14.8 Å². The maximum atomic E-state index is 5.53. The van der Waals surface area contributed by atoms with Gasteiger partial charge in [-0.25, -0.2) is 0 Å². The molecule has 2 aliphatic rings. The molecule has 0 atom stereocenters.